The van der Waals surface area contributed by atoms with Crippen molar-refractivity contribution in [2.24, 2.45) is 0 Å². The lowest BCUT2D eigenvalue weighted by atomic mass is 10.1. The van der Waals surface area contributed by atoms with Crippen molar-refractivity contribution < 1.29 is 23.0 Å². The van der Waals surface area contributed by atoms with Crippen LogP contribution in [0.2, 0.25) is 0 Å². The second-order valence-electron chi connectivity index (χ2n) is 2.50. The molecule has 0 fully saturated rings. The Morgan fingerprint density at radius 3 is 2.21 bits per heavy atom. The molecule has 0 saturated heterocycles. The van der Waals surface area contributed by atoms with Gasteiger partial charge in [-0.25, -0.2) is 0 Å². The number of hydrogen-bond acceptors (Lipinski definition) is 2. The summed E-state index contributed by atoms with van der Waals surface area (Å²) in [5.74, 6) is -0.271. The first-order chi connectivity index (χ1) is 6.51. The molecule has 0 bridgehead atoms. The molecule has 1 radical (unpaired) electrons. The fraction of sp³-hybridized carbons (Fsp3) is 0.222. The van der Waals surface area contributed by atoms with Crippen LogP contribution in [-0.4, -0.2) is 18.1 Å². The lowest BCUT2D eigenvalue weighted by Crippen LogP contribution is -2.17. The summed E-state index contributed by atoms with van der Waals surface area (Å²) in [5, 5.41) is 8.51. The van der Waals surface area contributed by atoms with Crippen LogP contribution in [0.3, 0.4) is 0 Å². The van der Waals surface area contributed by atoms with Crippen LogP contribution in [0, 0.1) is 6.42 Å². The third kappa shape index (κ3) is 3.66. The molecule has 1 aromatic carbocycles. The summed E-state index contributed by atoms with van der Waals surface area (Å²) >= 11 is 0. The van der Waals surface area contributed by atoms with Crippen molar-refractivity contribution in [3.05, 3.63) is 36.2 Å². The minimum atomic E-state index is -4.66. The summed E-state index contributed by atoms with van der Waals surface area (Å²) in [7, 11) is 0. The maximum Gasteiger partial charge on any atom is 0.573 e. The normalized spacial score (nSPS) is 11.4. The van der Waals surface area contributed by atoms with E-state index in [0.29, 0.717) is 5.56 Å². The van der Waals surface area contributed by atoms with Crippen LogP contribution in [0.5, 0.6) is 5.75 Å². The van der Waals surface area contributed by atoms with Gasteiger partial charge < -0.3 is 9.84 Å². The van der Waals surface area contributed by atoms with Gasteiger partial charge in [0.05, 0.1) is 6.61 Å². The second kappa shape index (κ2) is 4.32. The van der Waals surface area contributed by atoms with E-state index in [9.17, 15) is 13.2 Å². The van der Waals surface area contributed by atoms with Crippen molar-refractivity contribution in [3.63, 3.8) is 0 Å². The van der Waals surface area contributed by atoms with Crippen LogP contribution in [0.1, 0.15) is 5.56 Å². The van der Waals surface area contributed by atoms with Gasteiger partial charge in [-0.3, -0.25) is 0 Å². The van der Waals surface area contributed by atoms with Crippen molar-refractivity contribution >= 4 is 0 Å². The summed E-state index contributed by atoms with van der Waals surface area (Å²) in [6.45, 7) is -0.153. The Balaban J connectivity index is 2.64. The van der Waals surface area contributed by atoms with Gasteiger partial charge in [0, 0.05) is 6.42 Å². The van der Waals surface area contributed by atoms with E-state index in [-0.39, 0.29) is 12.4 Å². The Morgan fingerprint density at radius 2 is 1.79 bits per heavy atom. The highest BCUT2D eigenvalue weighted by Crippen LogP contribution is 2.22. The summed E-state index contributed by atoms with van der Waals surface area (Å²) in [5.41, 5.74) is 0.641. The predicted molar refractivity (Wildman–Crippen MR) is 43.6 cm³/mol. The Bertz CT molecular complexity index is 279. The fourth-order valence-corrected chi connectivity index (χ4v) is 0.911. The molecule has 0 saturated carbocycles. The minimum Gasteiger partial charge on any atom is -0.406 e. The maximum absolute atomic E-state index is 11.7. The van der Waals surface area contributed by atoms with E-state index in [1.54, 1.807) is 0 Å². The van der Waals surface area contributed by atoms with E-state index in [1.165, 1.54) is 30.7 Å². The van der Waals surface area contributed by atoms with Gasteiger partial charge in [-0.1, -0.05) is 12.1 Å². The first-order valence-electron chi connectivity index (χ1n) is 3.81. The van der Waals surface area contributed by atoms with Gasteiger partial charge in [-0.2, -0.15) is 0 Å². The molecule has 0 aromatic heterocycles. The molecule has 5 heteroatoms. The highest BCUT2D eigenvalue weighted by atomic mass is 19.4. The van der Waals surface area contributed by atoms with Crippen LogP contribution in [0.4, 0.5) is 13.2 Å². The quantitative estimate of drug-likeness (QED) is 0.819. The van der Waals surface area contributed by atoms with E-state index in [2.05, 4.69) is 4.74 Å². The standard InChI is InChI=1S/C9H8F3O2/c10-9(11,12)14-8-3-1-7(2-4-8)5-6-13/h1-5,13H,6H2. The molecule has 0 spiro atoms. The molecule has 0 heterocycles. The van der Waals surface area contributed by atoms with Crippen LogP contribution in [0.15, 0.2) is 24.3 Å². The first kappa shape index (κ1) is 10.8. The number of halogens is 3. The monoisotopic (exact) mass is 205 g/mol. The third-order valence-electron chi connectivity index (χ3n) is 1.44. The zero-order valence-electron chi connectivity index (χ0n) is 7.08. The number of alkyl halides is 3. The number of rotatable bonds is 3. The van der Waals surface area contributed by atoms with Crippen molar-refractivity contribution in [1.82, 2.24) is 0 Å². The van der Waals surface area contributed by atoms with E-state index in [1.807, 2.05) is 0 Å². The number of aliphatic hydroxyl groups is 1. The first-order valence-corrected chi connectivity index (χ1v) is 3.81. The molecular weight excluding hydrogens is 197 g/mol. The SMILES string of the molecule is OC[CH]c1ccc(OC(F)(F)F)cc1. The van der Waals surface area contributed by atoms with Crippen LogP contribution in [-0.2, 0) is 0 Å². The summed E-state index contributed by atoms with van der Waals surface area (Å²) in [6.07, 6.45) is -3.19. The number of benzene rings is 1. The van der Waals surface area contributed by atoms with E-state index in [0.717, 1.165) is 0 Å². The maximum atomic E-state index is 11.7. The van der Waals surface area contributed by atoms with Gasteiger partial charge in [0.15, 0.2) is 0 Å². The Kier molecular flexibility index (Phi) is 3.35. The van der Waals surface area contributed by atoms with Crippen LogP contribution in [0.25, 0.3) is 0 Å². The van der Waals surface area contributed by atoms with Crippen molar-refractivity contribution in [2.75, 3.05) is 6.61 Å². The molecule has 0 amide bonds. The Hall–Kier alpha value is -1.23. The van der Waals surface area contributed by atoms with E-state index in [4.69, 9.17) is 5.11 Å². The van der Waals surface area contributed by atoms with Crippen molar-refractivity contribution in [1.29, 1.82) is 0 Å². The molecule has 1 N–H and O–H groups in total. The molecule has 0 aliphatic rings. The molecule has 0 aliphatic carbocycles. The van der Waals surface area contributed by atoms with E-state index >= 15 is 0 Å². The number of aliphatic hydroxyl groups excluding tert-OH is 1. The van der Waals surface area contributed by atoms with E-state index < -0.39 is 6.36 Å². The Morgan fingerprint density at radius 1 is 1.21 bits per heavy atom. The molecule has 0 aliphatic heterocycles. The molecule has 1 aromatic rings. The average molecular weight is 205 g/mol. The van der Waals surface area contributed by atoms with Crippen molar-refractivity contribution in [2.45, 2.75) is 6.36 Å². The van der Waals surface area contributed by atoms with Crippen LogP contribution < -0.4 is 4.74 Å². The smallest absolute Gasteiger partial charge is 0.406 e. The number of hydrogen-bond donors (Lipinski definition) is 1. The largest absolute Gasteiger partial charge is 0.573 e. The zero-order valence-corrected chi connectivity index (χ0v) is 7.08. The highest BCUT2D eigenvalue weighted by molar-refractivity contribution is 5.31. The van der Waals surface area contributed by atoms with Crippen LogP contribution >= 0.6 is 0 Å². The molecule has 1 rings (SSSR count). The lowest BCUT2D eigenvalue weighted by molar-refractivity contribution is -0.274. The van der Waals surface area contributed by atoms with Crippen molar-refractivity contribution in [3.8, 4) is 5.75 Å². The topological polar surface area (TPSA) is 29.5 Å². The summed E-state index contributed by atoms with van der Waals surface area (Å²) in [6, 6.07) is 5.23. The molecule has 0 atom stereocenters. The van der Waals surface area contributed by atoms with Gasteiger partial charge in [0.2, 0.25) is 0 Å². The molecular formula is C9H8F3O2. The highest BCUT2D eigenvalue weighted by Gasteiger charge is 2.30. The predicted octanol–water partition coefficient (Wildman–Crippen LogP) is 2.13. The van der Waals surface area contributed by atoms with Gasteiger partial charge in [0.25, 0.3) is 0 Å². The summed E-state index contributed by atoms with van der Waals surface area (Å²) < 4.78 is 38.8. The van der Waals surface area contributed by atoms with Gasteiger partial charge in [-0.15, -0.1) is 13.2 Å². The number of ether oxygens (including phenoxy) is 1. The minimum absolute atomic E-state index is 0.153. The second-order valence-corrected chi connectivity index (χ2v) is 2.50. The van der Waals surface area contributed by atoms with Gasteiger partial charge >= 0.3 is 6.36 Å². The summed E-state index contributed by atoms with van der Waals surface area (Å²) in [4.78, 5) is 0. The molecule has 0 unspecified atom stereocenters. The molecule has 77 valence electrons. The Labute approximate surface area is 78.9 Å². The zero-order chi connectivity index (χ0) is 10.6. The third-order valence-corrected chi connectivity index (χ3v) is 1.44. The van der Waals surface area contributed by atoms with Gasteiger partial charge in [0.1, 0.15) is 5.75 Å². The lowest BCUT2D eigenvalue weighted by Gasteiger charge is -2.08. The molecule has 14 heavy (non-hydrogen) atoms. The molecule has 2 nitrogen and oxygen atoms in total. The van der Waals surface area contributed by atoms with Gasteiger partial charge in [-0.05, 0) is 17.7 Å². The fourth-order valence-electron chi connectivity index (χ4n) is 0.911. The average Bonchev–Trinajstić information content (AvgIpc) is 2.06.